The van der Waals surface area contributed by atoms with Gasteiger partial charge in [0.25, 0.3) is 0 Å². The summed E-state index contributed by atoms with van der Waals surface area (Å²) in [5, 5.41) is 10.2. The van der Waals surface area contributed by atoms with Crippen molar-refractivity contribution < 1.29 is 13.5 Å². The van der Waals surface area contributed by atoms with Gasteiger partial charge in [0.2, 0.25) is 10.0 Å². The molecule has 0 amide bonds. The Morgan fingerprint density at radius 2 is 1.86 bits per heavy atom. The van der Waals surface area contributed by atoms with E-state index in [4.69, 9.17) is 0 Å². The Hall–Kier alpha value is -1.21. The van der Waals surface area contributed by atoms with E-state index in [1.807, 2.05) is 44.2 Å². The lowest BCUT2D eigenvalue weighted by atomic mass is 10.0. The molecule has 1 aromatic heterocycles. The monoisotopic (exact) mass is 339 g/mol. The molecule has 0 saturated carbocycles. The topological polar surface area (TPSA) is 66.4 Å². The summed E-state index contributed by atoms with van der Waals surface area (Å²) in [6.07, 6.45) is -0.369. The van der Waals surface area contributed by atoms with E-state index < -0.39 is 22.2 Å². The first-order valence-electron chi connectivity index (χ1n) is 7.11. The van der Waals surface area contributed by atoms with Gasteiger partial charge < -0.3 is 5.11 Å². The SMILES string of the molecule is Cc1cc(S(=O)(=O)NC(C)C(O)Cc2ccccc2)sc1C. The van der Waals surface area contributed by atoms with Crippen LogP contribution in [0.1, 0.15) is 22.9 Å². The van der Waals surface area contributed by atoms with Crippen molar-refractivity contribution in [1.29, 1.82) is 0 Å². The number of sulfonamides is 1. The third-order valence-corrected chi connectivity index (χ3v) is 6.80. The third-order valence-electron chi connectivity index (χ3n) is 3.61. The Bertz CT molecular complexity index is 704. The lowest BCUT2D eigenvalue weighted by Gasteiger charge is -2.20. The Kier molecular flexibility index (Phi) is 5.39. The lowest BCUT2D eigenvalue weighted by molar-refractivity contribution is 0.144. The highest BCUT2D eigenvalue weighted by Gasteiger charge is 2.24. The van der Waals surface area contributed by atoms with Crippen molar-refractivity contribution in [3.05, 3.63) is 52.4 Å². The maximum Gasteiger partial charge on any atom is 0.250 e. The van der Waals surface area contributed by atoms with E-state index in [0.717, 1.165) is 16.0 Å². The van der Waals surface area contributed by atoms with Gasteiger partial charge >= 0.3 is 0 Å². The van der Waals surface area contributed by atoms with Crippen molar-refractivity contribution in [1.82, 2.24) is 4.72 Å². The van der Waals surface area contributed by atoms with Crippen LogP contribution in [0.15, 0.2) is 40.6 Å². The minimum atomic E-state index is -3.59. The first kappa shape index (κ1) is 17.1. The van der Waals surface area contributed by atoms with Crippen LogP contribution in [-0.2, 0) is 16.4 Å². The highest BCUT2D eigenvalue weighted by atomic mass is 32.2. The van der Waals surface area contributed by atoms with Crippen LogP contribution in [0.4, 0.5) is 0 Å². The molecule has 2 aromatic rings. The molecule has 2 unspecified atom stereocenters. The zero-order chi connectivity index (χ0) is 16.3. The van der Waals surface area contributed by atoms with Crippen molar-refractivity contribution in [2.24, 2.45) is 0 Å². The predicted octanol–water partition coefficient (Wildman–Crippen LogP) is 2.64. The molecule has 0 fully saturated rings. The number of hydrogen-bond acceptors (Lipinski definition) is 4. The van der Waals surface area contributed by atoms with Gasteiger partial charge in [-0.1, -0.05) is 30.3 Å². The number of benzene rings is 1. The number of nitrogens with one attached hydrogen (secondary N) is 1. The highest BCUT2D eigenvalue weighted by Crippen LogP contribution is 2.25. The van der Waals surface area contributed by atoms with Crippen molar-refractivity contribution >= 4 is 21.4 Å². The Morgan fingerprint density at radius 3 is 2.41 bits per heavy atom. The number of aliphatic hydroxyl groups is 1. The number of aryl methyl sites for hydroxylation is 2. The van der Waals surface area contributed by atoms with Crippen LogP contribution in [0, 0.1) is 13.8 Å². The van der Waals surface area contributed by atoms with Crippen LogP contribution in [0.5, 0.6) is 0 Å². The molecule has 2 N–H and O–H groups in total. The van der Waals surface area contributed by atoms with Crippen LogP contribution in [0.3, 0.4) is 0 Å². The molecule has 0 aliphatic heterocycles. The van der Waals surface area contributed by atoms with E-state index in [-0.39, 0.29) is 0 Å². The summed E-state index contributed by atoms with van der Waals surface area (Å²) in [6, 6.07) is 10.6. The predicted molar refractivity (Wildman–Crippen MR) is 89.7 cm³/mol. The molecule has 0 aliphatic carbocycles. The number of thiophene rings is 1. The van der Waals surface area contributed by atoms with Crippen molar-refractivity contribution in [3.8, 4) is 0 Å². The van der Waals surface area contributed by atoms with Crippen LogP contribution in [0.2, 0.25) is 0 Å². The zero-order valence-corrected chi connectivity index (χ0v) is 14.5. The third kappa shape index (κ3) is 4.16. The molecule has 2 atom stereocenters. The molecule has 2 rings (SSSR count). The summed E-state index contributed by atoms with van der Waals surface area (Å²) >= 11 is 1.25. The first-order valence-corrected chi connectivity index (χ1v) is 9.41. The average molecular weight is 339 g/mol. The molecule has 120 valence electrons. The maximum atomic E-state index is 12.4. The summed E-state index contributed by atoms with van der Waals surface area (Å²) in [6.45, 7) is 5.46. The number of rotatable bonds is 6. The van der Waals surface area contributed by atoms with Gasteiger partial charge in [0.1, 0.15) is 4.21 Å². The minimum Gasteiger partial charge on any atom is -0.391 e. The van der Waals surface area contributed by atoms with E-state index in [2.05, 4.69) is 4.72 Å². The molecular formula is C16H21NO3S2. The van der Waals surface area contributed by atoms with Gasteiger partial charge in [-0.05, 0) is 44.4 Å². The number of aliphatic hydroxyl groups excluding tert-OH is 1. The Morgan fingerprint density at radius 1 is 1.23 bits per heavy atom. The molecule has 1 aromatic carbocycles. The maximum absolute atomic E-state index is 12.4. The van der Waals surface area contributed by atoms with Gasteiger partial charge in [0.15, 0.2) is 0 Å². The Labute approximate surface area is 135 Å². The first-order chi connectivity index (χ1) is 10.3. The second-order valence-corrected chi connectivity index (χ2v) is 8.67. The molecule has 0 radical (unpaired) electrons. The largest absolute Gasteiger partial charge is 0.391 e. The fraction of sp³-hybridized carbons (Fsp3) is 0.375. The molecule has 6 heteroatoms. The normalized spacial score (nSPS) is 14.7. The van der Waals surface area contributed by atoms with Crippen molar-refractivity contribution in [2.75, 3.05) is 0 Å². The van der Waals surface area contributed by atoms with Crippen LogP contribution in [-0.4, -0.2) is 25.7 Å². The van der Waals surface area contributed by atoms with E-state index in [1.54, 1.807) is 13.0 Å². The summed E-state index contributed by atoms with van der Waals surface area (Å²) in [5.74, 6) is 0. The van der Waals surface area contributed by atoms with Crippen LogP contribution in [0.25, 0.3) is 0 Å². The highest BCUT2D eigenvalue weighted by molar-refractivity contribution is 7.91. The van der Waals surface area contributed by atoms with Gasteiger partial charge in [-0.3, -0.25) is 0 Å². The molecule has 0 bridgehead atoms. The lowest BCUT2D eigenvalue weighted by Crippen LogP contribution is -2.41. The molecule has 0 saturated heterocycles. The molecular weight excluding hydrogens is 318 g/mol. The second kappa shape index (κ2) is 6.91. The van der Waals surface area contributed by atoms with Crippen molar-refractivity contribution in [2.45, 2.75) is 43.5 Å². The summed E-state index contributed by atoms with van der Waals surface area (Å²) in [7, 11) is -3.59. The van der Waals surface area contributed by atoms with Gasteiger partial charge in [-0.25, -0.2) is 13.1 Å². The van der Waals surface area contributed by atoms with E-state index in [9.17, 15) is 13.5 Å². The quantitative estimate of drug-likeness (QED) is 0.850. The fourth-order valence-electron chi connectivity index (χ4n) is 2.09. The standard InChI is InChI=1S/C16H21NO3S2/c1-11-9-16(21-13(11)3)22(19,20)17-12(2)15(18)10-14-7-5-4-6-8-14/h4-9,12,15,17-18H,10H2,1-3H3. The molecule has 22 heavy (non-hydrogen) atoms. The zero-order valence-electron chi connectivity index (χ0n) is 12.9. The van der Waals surface area contributed by atoms with E-state index in [1.165, 1.54) is 11.3 Å². The van der Waals surface area contributed by atoms with Gasteiger partial charge in [-0.2, -0.15) is 0 Å². The van der Waals surface area contributed by atoms with Gasteiger partial charge in [-0.15, -0.1) is 11.3 Å². The van der Waals surface area contributed by atoms with Gasteiger partial charge in [0, 0.05) is 10.9 Å². The van der Waals surface area contributed by atoms with Crippen molar-refractivity contribution in [3.63, 3.8) is 0 Å². The second-order valence-electron chi connectivity index (χ2n) is 5.47. The summed E-state index contributed by atoms with van der Waals surface area (Å²) < 4.78 is 27.6. The molecule has 1 heterocycles. The summed E-state index contributed by atoms with van der Waals surface area (Å²) in [4.78, 5) is 0.984. The number of hydrogen-bond donors (Lipinski definition) is 2. The van der Waals surface area contributed by atoms with Gasteiger partial charge in [0.05, 0.1) is 6.10 Å². The smallest absolute Gasteiger partial charge is 0.250 e. The minimum absolute atomic E-state index is 0.293. The van der Waals surface area contributed by atoms with E-state index in [0.29, 0.717) is 10.6 Å². The fourth-order valence-corrected chi connectivity index (χ4v) is 4.90. The molecule has 0 spiro atoms. The van der Waals surface area contributed by atoms with Crippen LogP contribution < -0.4 is 4.72 Å². The average Bonchev–Trinajstić information content (AvgIpc) is 2.80. The Balaban J connectivity index is 2.05. The van der Waals surface area contributed by atoms with Crippen LogP contribution >= 0.6 is 11.3 Å². The summed E-state index contributed by atoms with van der Waals surface area (Å²) in [5.41, 5.74) is 1.94. The van der Waals surface area contributed by atoms with E-state index >= 15 is 0 Å². The molecule has 4 nitrogen and oxygen atoms in total. The molecule has 0 aliphatic rings.